The smallest absolute Gasteiger partial charge is 0.273 e. The number of nitrogens with two attached hydrogens (primary N) is 1. The van der Waals surface area contributed by atoms with Crippen molar-refractivity contribution >= 4 is 5.82 Å². The van der Waals surface area contributed by atoms with Crippen molar-refractivity contribution in [2.24, 2.45) is 0 Å². The van der Waals surface area contributed by atoms with Gasteiger partial charge in [0.1, 0.15) is 11.5 Å². The lowest BCUT2D eigenvalue weighted by molar-refractivity contribution is 0.847. The van der Waals surface area contributed by atoms with E-state index in [1.54, 1.807) is 6.20 Å². The zero-order valence-electron chi connectivity index (χ0n) is 7.03. The first-order chi connectivity index (χ1) is 6.18. The number of nitrogen functional groups attached to an aromatic ring is 1. The molecule has 6 heteroatoms. The lowest BCUT2D eigenvalue weighted by Crippen LogP contribution is -2.13. The van der Waals surface area contributed by atoms with Crippen molar-refractivity contribution in [3.8, 4) is 5.69 Å². The minimum absolute atomic E-state index is 0.193. The molecule has 2 aromatic heterocycles. The summed E-state index contributed by atoms with van der Waals surface area (Å²) in [6.07, 6.45) is 1.56. The zero-order valence-corrected chi connectivity index (χ0v) is 7.03. The first kappa shape index (κ1) is 7.66. The van der Waals surface area contributed by atoms with Gasteiger partial charge in [0.25, 0.3) is 5.56 Å². The maximum Gasteiger partial charge on any atom is 0.273 e. The summed E-state index contributed by atoms with van der Waals surface area (Å²) >= 11 is 0. The van der Waals surface area contributed by atoms with Crippen LogP contribution in [0, 0.1) is 6.92 Å². The Morgan fingerprint density at radius 3 is 2.85 bits per heavy atom. The van der Waals surface area contributed by atoms with Gasteiger partial charge in [-0.25, -0.2) is 4.68 Å². The topological polar surface area (TPSA) is 92.5 Å². The highest BCUT2D eigenvalue weighted by atomic mass is 16.1. The number of H-pyrrole nitrogens is 2. The third kappa shape index (κ3) is 1.12. The van der Waals surface area contributed by atoms with Gasteiger partial charge in [0, 0.05) is 6.07 Å². The molecule has 0 unspecified atom stereocenters. The van der Waals surface area contributed by atoms with Gasteiger partial charge in [0.15, 0.2) is 0 Å². The Balaban J connectivity index is 2.65. The minimum Gasteiger partial charge on any atom is -0.384 e. The first-order valence-corrected chi connectivity index (χ1v) is 3.76. The molecule has 2 rings (SSSR count). The number of hydrogen-bond acceptors (Lipinski definition) is 3. The summed E-state index contributed by atoms with van der Waals surface area (Å²) in [5.74, 6) is 0.339. The second-order valence-electron chi connectivity index (χ2n) is 2.77. The normalized spacial score (nSPS) is 10.5. The van der Waals surface area contributed by atoms with E-state index in [4.69, 9.17) is 5.73 Å². The van der Waals surface area contributed by atoms with Gasteiger partial charge in [0.05, 0.1) is 11.9 Å². The molecule has 6 nitrogen and oxygen atoms in total. The number of nitrogens with zero attached hydrogens (tertiary/aromatic N) is 2. The Morgan fingerprint density at radius 1 is 1.62 bits per heavy atom. The van der Waals surface area contributed by atoms with Crippen LogP contribution in [-0.2, 0) is 0 Å². The maximum atomic E-state index is 11.3. The Kier molecular flexibility index (Phi) is 1.48. The summed E-state index contributed by atoms with van der Waals surface area (Å²) in [6.45, 7) is 1.83. The molecule has 0 amide bonds. The molecule has 0 saturated carbocycles. The minimum atomic E-state index is -0.193. The number of aryl methyl sites for hydroxylation is 1. The summed E-state index contributed by atoms with van der Waals surface area (Å²) < 4.78 is 1.34. The van der Waals surface area contributed by atoms with Crippen molar-refractivity contribution in [1.29, 1.82) is 0 Å². The second kappa shape index (κ2) is 2.51. The van der Waals surface area contributed by atoms with E-state index in [0.717, 1.165) is 5.69 Å². The van der Waals surface area contributed by atoms with Crippen LogP contribution in [0.1, 0.15) is 5.69 Å². The van der Waals surface area contributed by atoms with Gasteiger partial charge in [-0.2, -0.15) is 5.10 Å². The second-order valence-corrected chi connectivity index (χ2v) is 2.77. The Labute approximate surface area is 73.4 Å². The third-order valence-electron chi connectivity index (χ3n) is 1.78. The van der Waals surface area contributed by atoms with Crippen molar-refractivity contribution in [2.75, 3.05) is 5.73 Å². The molecule has 2 heterocycles. The molecule has 0 fully saturated rings. The fraction of sp³-hybridized carbons (Fsp3) is 0.143. The van der Waals surface area contributed by atoms with E-state index in [-0.39, 0.29) is 5.56 Å². The molecule has 0 bridgehead atoms. The molecule has 0 spiro atoms. The molecular weight excluding hydrogens is 170 g/mol. The molecule has 68 valence electrons. The van der Waals surface area contributed by atoms with Crippen LogP contribution < -0.4 is 11.3 Å². The molecule has 0 saturated heterocycles. The van der Waals surface area contributed by atoms with Crippen molar-refractivity contribution in [2.45, 2.75) is 6.92 Å². The number of nitrogens with one attached hydrogen (secondary N) is 2. The summed E-state index contributed by atoms with van der Waals surface area (Å²) in [7, 11) is 0. The SMILES string of the molecule is Cc1[nH]ncc1-n1[nH]c(N)cc1=O. The van der Waals surface area contributed by atoms with Gasteiger partial charge in [-0.05, 0) is 6.92 Å². The van der Waals surface area contributed by atoms with Crippen LogP contribution in [0.15, 0.2) is 17.1 Å². The average molecular weight is 179 g/mol. The van der Waals surface area contributed by atoms with E-state index in [0.29, 0.717) is 11.5 Å². The standard InChI is InChI=1S/C7H9N5O/c1-4-5(3-9-10-4)12-7(13)2-6(8)11-12/h2-3,11H,8H2,1H3,(H,9,10). The number of anilines is 1. The van der Waals surface area contributed by atoms with E-state index >= 15 is 0 Å². The molecule has 0 aliphatic rings. The predicted octanol–water partition coefficient (Wildman–Crippen LogP) is -0.221. The highest BCUT2D eigenvalue weighted by molar-refractivity contribution is 5.35. The predicted molar refractivity (Wildman–Crippen MR) is 47.7 cm³/mol. The molecule has 4 N–H and O–H groups in total. The largest absolute Gasteiger partial charge is 0.384 e. The highest BCUT2D eigenvalue weighted by Gasteiger charge is 2.06. The fourth-order valence-electron chi connectivity index (χ4n) is 1.16. The third-order valence-corrected chi connectivity index (χ3v) is 1.78. The Bertz CT molecular complexity index is 477. The highest BCUT2D eigenvalue weighted by Crippen LogP contribution is 2.06. The van der Waals surface area contributed by atoms with Crippen LogP contribution in [0.3, 0.4) is 0 Å². The van der Waals surface area contributed by atoms with Crippen molar-refractivity contribution in [1.82, 2.24) is 20.0 Å². The van der Waals surface area contributed by atoms with E-state index in [2.05, 4.69) is 15.3 Å². The van der Waals surface area contributed by atoms with Crippen LogP contribution in [0.5, 0.6) is 0 Å². The van der Waals surface area contributed by atoms with E-state index < -0.39 is 0 Å². The van der Waals surface area contributed by atoms with Gasteiger partial charge < -0.3 is 5.73 Å². The fourth-order valence-corrected chi connectivity index (χ4v) is 1.16. The Morgan fingerprint density at radius 2 is 2.38 bits per heavy atom. The van der Waals surface area contributed by atoms with E-state index in [1.165, 1.54) is 10.7 Å². The van der Waals surface area contributed by atoms with Crippen LogP contribution in [-0.4, -0.2) is 20.0 Å². The van der Waals surface area contributed by atoms with Gasteiger partial charge >= 0.3 is 0 Å². The summed E-state index contributed by atoms with van der Waals surface area (Å²) in [5.41, 5.74) is 6.73. The van der Waals surface area contributed by atoms with Crippen LogP contribution in [0.4, 0.5) is 5.82 Å². The van der Waals surface area contributed by atoms with E-state index in [1.807, 2.05) is 6.92 Å². The number of aromatic amines is 2. The van der Waals surface area contributed by atoms with Crippen LogP contribution in [0.25, 0.3) is 5.69 Å². The van der Waals surface area contributed by atoms with Gasteiger partial charge in [0.2, 0.25) is 0 Å². The average Bonchev–Trinajstić information content (AvgIpc) is 2.58. The quantitative estimate of drug-likeness (QED) is 0.565. The van der Waals surface area contributed by atoms with Crippen molar-refractivity contribution in [3.05, 3.63) is 28.3 Å². The van der Waals surface area contributed by atoms with Crippen LogP contribution in [0.2, 0.25) is 0 Å². The number of rotatable bonds is 1. The molecule has 0 radical (unpaired) electrons. The lowest BCUT2D eigenvalue weighted by Gasteiger charge is -1.97. The summed E-state index contributed by atoms with van der Waals surface area (Å²) in [5, 5.41) is 9.25. The monoisotopic (exact) mass is 179 g/mol. The molecule has 13 heavy (non-hydrogen) atoms. The van der Waals surface area contributed by atoms with Gasteiger partial charge in [-0.1, -0.05) is 0 Å². The van der Waals surface area contributed by atoms with Crippen molar-refractivity contribution in [3.63, 3.8) is 0 Å². The molecule has 0 atom stereocenters. The zero-order chi connectivity index (χ0) is 9.42. The first-order valence-electron chi connectivity index (χ1n) is 3.76. The Hall–Kier alpha value is -1.98. The van der Waals surface area contributed by atoms with E-state index in [9.17, 15) is 4.79 Å². The molecule has 0 aliphatic carbocycles. The number of hydrogen-bond donors (Lipinski definition) is 3. The van der Waals surface area contributed by atoms with Crippen molar-refractivity contribution < 1.29 is 0 Å². The van der Waals surface area contributed by atoms with Gasteiger partial charge in [-0.3, -0.25) is 15.0 Å². The maximum absolute atomic E-state index is 11.3. The van der Waals surface area contributed by atoms with Gasteiger partial charge in [-0.15, -0.1) is 0 Å². The summed E-state index contributed by atoms with van der Waals surface area (Å²) in [4.78, 5) is 11.3. The molecule has 2 aromatic rings. The molecular formula is C7H9N5O. The van der Waals surface area contributed by atoms with Crippen LogP contribution >= 0.6 is 0 Å². The summed E-state index contributed by atoms with van der Waals surface area (Å²) in [6, 6.07) is 1.33. The lowest BCUT2D eigenvalue weighted by atomic mass is 10.4. The number of aromatic nitrogens is 4. The molecule has 0 aliphatic heterocycles. The molecule has 0 aromatic carbocycles.